The number of rotatable bonds is 3. The van der Waals surface area contributed by atoms with Crippen LogP contribution in [-0.4, -0.2) is 12.6 Å². The average Bonchev–Trinajstić information content (AvgIpc) is 2.46. The third-order valence-corrected chi connectivity index (χ3v) is 4.11. The second-order valence-corrected chi connectivity index (χ2v) is 5.82. The summed E-state index contributed by atoms with van der Waals surface area (Å²) >= 11 is 9.17. The number of hydrogen-bond donors (Lipinski definition) is 0. The van der Waals surface area contributed by atoms with Gasteiger partial charge in [-0.1, -0.05) is 39.7 Å². The van der Waals surface area contributed by atoms with Gasteiger partial charge in [0, 0.05) is 10.0 Å². The second kappa shape index (κ2) is 6.93. The number of benzene rings is 2. The fourth-order valence-corrected chi connectivity index (χ4v) is 3.11. The molecule has 0 spiro atoms. The predicted octanol–water partition coefficient (Wildman–Crippen LogP) is 5.97. The van der Waals surface area contributed by atoms with Crippen LogP contribution >= 0.6 is 27.5 Å². The molecule has 0 unspecified atom stereocenters. The minimum absolute atomic E-state index is 0.174. The lowest BCUT2D eigenvalue weighted by Gasteiger charge is -2.15. The van der Waals surface area contributed by atoms with Crippen molar-refractivity contribution in [3.8, 4) is 11.1 Å². The van der Waals surface area contributed by atoms with Crippen molar-refractivity contribution in [2.75, 3.05) is 6.61 Å². The van der Waals surface area contributed by atoms with Gasteiger partial charge in [-0.3, -0.25) is 0 Å². The number of alkyl halides is 3. The minimum atomic E-state index is -4.56. The maximum Gasteiger partial charge on any atom is 0.417 e. The lowest BCUT2D eigenvalue weighted by molar-refractivity contribution is -0.137. The van der Waals surface area contributed by atoms with Crippen molar-refractivity contribution in [1.82, 2.24) is 0 Å². The summed E-state index contributed by atoms with van der Waals surface area (Å²) in [6.45, 7) is 1.87. The van der Waals surface area contributed by atoms with E-state index in [2.05, 4.69) is 15.9 Å². The molecular weight excluding hydrogens is 397 g/mol. The van der Waals surface area contributed by atoms with Crippen LogP contribution < -0.4 is 0 Å². The van der Waals surface area contributed by atoms with Gasteiger partial charge in [-0.15, -0.1) is 0 Å². The normalized spacial score (nSPS) is 11.4. The largest absolute Gasteiger partial charge is 0.462 e. The molecule has 23 heavy (non-hydrogen) atoms. The summed E-state index contributed by atoms with van der Waals surface area (Å²) < 4.78 is 44.3. The van der Waals surface area contributed by atoms with Crippen molar-refractivity contribution < 1.29 is 22.7 Å². The molecule has 2 aromatic rings. The van der Waals surface area contributed by atoms with Gasteiger partial charge in [-0.05, 0) is 36.8 Å². The molecular formula is C16H11BrClF3O2. The van der Waals surface area contributed by atoms with Gasteiger partial charge in [0.15, 0.2) is 0 Å². The van der Waals surface area contributed by atoms with E-state index in [9.17, 15) is 18.0 Å². The first-order valence-electron chi connectivity index (χ1n) is 6.58. The van der Waals surface area contributed by atoms with E-state index in [0.29, 0.717) is 10.0 Å². The molecule has 0 amide bonds. The molecule has 0 aliphatic rings. The summed E-state index contributed by atoms with van der Waals surface area (Å²) in [7, 11) is 0. The van der Waals surface area contributed by atoms with Crippen LogP contribution in [0.15, 0.2) is 40.9 Å². The Balaban J connectivity index is 2.59. The fourth-order valence-electron chi connectivity index (χ4n) is 2.05. The SMILES string of the molecule is CCOC(=O)c1cccc(-c2c(Br)ccc(C(F)(F)F)c2Cl)c1. The fraction of sp³-hybridized carbons (Fsp3) is 0.188. The standard InChI is InChI=1S/C16H11BrClF3O2/c1-2-23-15(22)10-5-3-4-9(8-10)13-12(17)7-6-11(14(13)18)16(19,20)21/h3-8H,2H2,1H3. The van der Waals surface area contributed by atoms with Crippen LogP contribution in [-0.2, 0) is 10.9 Å². The van der Waals surface area contributed by atoms with Crippen LogP contribution in [0.5, 0.6) is 0 Å². The Kier molecular flexibility index (Phi) is 5.37. The van der Waals surface area contributed by atoms with Crippen LogP contribution in [0.25, 0.3) is 11.1 Å². The molecule has 0 atom stereocenters. The van der Waals surface area contributed by atoms with Crippen LogP contribution in [0, 0.1) is 0 Å². The van der Waals surface area contributed by atoms with E-state index in [1.807, 2.05) is 0 Å². The molecule has 0 heterocycles. The molecule has 0 saturated carbocycles. The molecule has 0 N–H and O–H groups in total. The topological polar surface area (TPSA) is 26.3 Å². The lowest BCUT2D eigenvalue weighted by atomic mass is 10.0. The maximum absolute atomic E-state index is 13.0. The molecule has 0 radical (unpaired) electrons. The van der Waals surface area contributed by atoms with E-state index in [4.69, 9.17) is 16.3 Å². The van der Waals surface area contributed by atoms with Crippen molar-refractivity contribution in [2.24, 2.45) is 0 Å². The number of carbonyl (C=O) groups is 1. The van der Waals surface area contributed by atoms with Gasteiger partial charge in [0.1, 0.15) is 0 Å². The molecule has 7 heteroatoms. The second-order valence-electron chi connectivity index (χ2n) is 4.58. The van der Waals surface area contributed by atoms with Crippen molar-refractivity contribution in [2.45, 2.75) is 13.1 Å². The highest BCUT2D eigenvalue weighted by Gasteiger charge is 2.34. The highest BCUT2D eigenvalue weighted by Crippen LogP contribution is 2.43. The van der Waals surface area contributed by atoms with E-state index >= 15 is 0 Å². The van der Waals surface area contributed by atoms with Crippen molar-refractivity contribution >= 4 is 33.5 Å². The summed E-state index contributed by atoms with van der Waals surface area (Å²) in [4.78, 5) is 11.8. The third kappa shape index (κ3) is 3.87. The number of hydrogen-bond acceptors (Lipinski definition) is 2. The lowest BCUT2D eigenvalue weighted by Crippen LogP contribution is -2.07. The monoisotopic (exact) mass is 406 g/mol. The molecule has 2 aromatic carbocycles. The van der Waals surface area contributed by atoms with E-state index in [0.717, 1.165) is 6.07 Å². The zero-order valence-corrected chi connectivity index (χ0v) is 14.2. The molecule has 0 aromatic heterocycles. The summed E-state index contributed by atoms with van der Waals surface area (Å²) in [6, 6.07) is 8.30. The average molecular weight is 408 g/mol. The molecule has 122 valence electrons. The minimum Gasteiger partial charge on any atom is -0.462 e. The van der Waals surface area contributed by atoms with E-state index in [1.165, 1.54) is 18.2 Å². The number of halogens is 5. The van der Waals surface area contributed by atoms with Crippen LogP contribution in [0.3, 0.4) is 0 Å². The van der Waals surface area contributed by atoms with Crippen LogP contribution in [0.2, 0.25) is 5.02 Å². The summed E-state index contributed by atoms with van der Waals surface area (Å²) in [5, 5.41) is -0.423. The van der Waals surface area contributed by atoms with Gasteiger partial charge < -0.3 is 4.74 Å². The maximum atomic E-state index is 13.0. The van der Waals surface area contributed by atoms with Crippen LogP contribution in [0.1, 0.15) is 22.8 Å². The van der Waals surface area contributed by atoms with Gasteiger partial charge in [0.2, 0.25) is 0 Å². The summed E-state index contributed by atoms with van der Waals surface area (Å²) in [6.07, 6.45) is -4.56. The first-order chi connectivity index (χ1) is 10.8. The molecule has 0 saturated heterocycles. The molecule has 0 aliphatic carbocycles. The summed E-state index contributed by atoms with van der Waals surface area (Å²) in [5.74, 6) is -0.548. The van der Waals surface area contributed by atoms with E-state index < -0.39 is 22.7 Å². The number of carbonyl (C=O) groups excluding carboxylic acids is 1. The highest BCUT2D eigenvalue weighted by molar-refractivity contribution is 9.10. The number of ether oxygens (including phenoxy) is 1. The zero-order chi connectivity index (χ0) is 17.2. The van der Waals surface area contributed by atoms with E-state index in [-0.39, 0.29) is 17.7 Å². The van der Waals surface area contributed by atoms with Crippen LogP contribution in [0.4, 0.5) is 13.2 Å². The first kappa shape index (κ1) is 17.8. The quantitative estimate of drug-likeness (QED) is 0.586. The first-order valence-corrected chi connectivity index (χ1v) is 7.75. The Hall–Kier alpha value is -1.53. The Morgan fingerprint density at radius 3 is 2.57 bits per heavy atom. The molecule has 0 bridgehead atoms. The Bertz CT molecular complexity index is 745. The van der Waals surface area contributed by atoms with E-state index in [1.54, 1.807) is 19.1 Å². The predicted molar refractivity (Wildman–Crippen MR) is 85.5 cm³/mol. The van der Waals surface area contributed by atoms with Gasteiger partial charge in [0.05, 0.1) is 22.8 Å². The van der Waals surface area contributed by atoms with Crippen molar-refractivity contribution in [3.63, 3.8) is 0 Å². The van der Waals surface area contributed by atoms with Crippen molar-refractivity contribution in [1.29, 1.82) is 0 Å². The highest BCUT2D eigenvalue weighted by atomic mass is 79.9. The Morgan fingerprint density at radius 2 is 1.96 bits per heavy atom. The smallest absolute Gasteiger partial charge is 0.417 e. The zero-order valence-electron chi connectivity index (χ0n) is 11.9. The van der Waals surface area contributed by atoms with Gasteiger partial charge in [-0.2, -0.15) is 13.2 Å². The Labute approximate surface area is 144 Å². The number of esters is 1. The molecule has 2 nitrogen and oxygen atoms in total. The van der Waals surface area contributed by atoms with Gasteiger partial charge >= 0.3 is 12.1 Å². The third-order valence-electron chi connectivity index (χ3n) is 3.06. The van der Waals surface area contributed by atoms with Gasteiger partial charge in [0.25, 0.3) is 0 Å². The van der Waals surface area contributed by atoms with Crippen molar-refractivity contribution in [3.05, 3.63) is 57.0 Å². The molecule has 0 fully saturated rings. The van der Waals surface area contributed by atoms with Gasteiger partial charge in [-0.25, -0.2) is 4.79 Å². The summed E-state index contributed by atoms with van der Waals surface area (Å²) in [5.41, 5.74) is -0.130. The molecule has 2 rings (SSSR count). The molecule has 0 aliphatic heterocycles. The Morgan fingerprint density at radius 1 is 1.26 bits per heavy atom.